The van der Waals surface area contributed by atoms with Crippen LogP contribution >= 0.6 is 11.8 Å². The Balaban J connectivity index is 2.04. The Morgan fingerprint density at radius 1 is 1.44 bits per heavy atom. The van der Waals surface area contributed by atoms with E-state index in [2.05, 4.69) is 23.4 Å². The van der Waals surface area contributed by atoms with Crippen molar-refractivity contribution in [3.8, 4) is 0 Å². The van der Waals surface area contributed by atoms with E-state index in [1.807, 2.05) is 18.7 Å². The first kappa shape index (κ1) is 14.2. The van der Waals surface area contributed by atoms with Crippen molar-refractivity contribution in [3.05, 3.63) is 0 Å². The summed E-state index contributed by atoms with van der Waals surface area (Å²) in [5.41, 5.74) is 0. The Labute approximate surface area is 115 Å². The van der Waals surface area contributed by atoms with E-state index in [0.717, 1.165) is 12.2 Å². The third-order valence-electron chi connectivity index (χ3n) is 4.41. The van der Waals surface area contributed by atoms with E-state index in [0.29, 0.717) is 24.0 Å². The van der Waals surface area contributed by atoms with Crippen LogP contribution in [0.4, 0.5) is 0 Å². The number of amides is 1. The van der Waals surface area contributed by atoms with Crippen molar-refractivity contribution in [1.29, 1.82) is 0 Å². The third kappa shape index (κ3) is 2.85. The van der Waals surface area contributed by atoms with Crippen molar-refractivity contribution < 1.29 is 4.79 Å². The van der Waals surface area contributed by atoms with Gasteiger partial charge < -0.3 is 4.90 Å². The fraction of sp³-hybridized carbons (Fsp3) is 0.929. The minimum atomic E-state index is 0.00679. The zero-order chi connectivity index (χ0) is 13.1. The second-order valence-corrected chi connectivity index (χ2v) is 6.74. The highest BCUT2D eigenvalue weighted by Crippen LogP contribution is 2.33. The maximum absolute atomic E-state index is 12.3. The van der Waals surface area contributed by atoms with Crippen molar-refractivity contribution in [3.63, 3.8) is 0 Å². The molecule has 0 spiro atoms. The lowest BCUT2D eigenvalue weighted by Crippen LogP contribution is -2.47. The van der Waals surface area contributed by atoms with Crippen molar-refractivity contribution in [2.24, 2.45) is 5.92 Å². The second-order valence-electron chi connectivity index (χ2n) is 5.75. The summed E-state index contributed by atoms with van der Waals surface area (Å²) in [4.78, 5) is 14.5. The number of hydrogen-bond acceptors (Lipinski definition) is 3. The maximum Gasteiger partial charge on any atom is 0.240 e. The first-order valence-electron chi connectivity index (χ1n) is 7.22. The molecule has 2 rings (SSSR count). The quantitative estimate of drug-likeness (QED) is 0.833. The van der Waals surface area contributed by atoms with Crippen LogP contribution in [0.1, 0.15) is 46.0 Å². The number of rotatable bonds is 5. The summed E-state index contributed by atoms with van der Waals surface area (Å²) >= 11 is 1.87. The summed E-state index contributed by atoms with van der Waals surface area (Å²) in [6.45, 7) is 4.21. The fourth-order valence-corrected chi connectivity index (χ4v) is 3.90. The van der Waals surface area contributed by atoms with E-state index in [4.69, 9.17) is 0 Å². The summed E-state index contributed by atoms with van der Waals surface area (Å²) in [7, 11) is 0. The monoisotopic (exact) mass is 270 g/mol. The largest absolute Gasteiger partial charge is 0.323 e. The molecular weight excluding hydrogens is 244 g/mol. The van der Waals surface area contributed by atoms with Gasteiger partial charge in [0.15, 0.2) is 0 Å². The maximum atomic E-state index is 12.3. The number of carbonyl (C=O) groups excluding carboxylic acids is 1. The molecule has 18 heavy (non-hydrogen) atoms. The molecule has 0 aromatic heterocycles. The number of nitrogens with zero attached hydrogens (tertiary/aromatic N) is 1. The van der Waals surface area contributed by atoms with E-state index in [-0.39, 0.29) is 6.04 Å². The summed E-state index contributed by atoms with van der Waals surface area (Å²) < 4.78 is 0. The van der Waals surface area contributed by atoms with E-state index in [9.17, 15) is 4.79 Å². The van der Waals surface area contributed by atoms with Crippen LogP contribution in [0.15, 0.2) is 0 Å². The SMILES string of the molecule is CSCCC(C)N1C(=O)C(C)NC1C1CCCC1. The van der Waals surface area contributed by atoms with Gasteiger partial charge >= 0.3 is 0 Å². The van der Waals surface area contributed by atoms with Gasteiger partial charge in [-0.2, -0.15) is 11.8 Å². The second kappa shape index (κ2) is 6.29. The first-order chi connectivity index (χ1) is 8.65. The van der Waals surface area contributed by atoms with Crippen LogP contribution in [0.2, 0.25) is 0 Å². The Bertz CT molecular complexity index is 292. The average molecular weight is 270 g/mol. The van der Waals surface area contributed by atoms with Gasteiger partial charge in [0, 0.05) is 6.04 Å². The van der Waals surface area contributed by atoms with Crippen LogP contribution in [0, 0.1) is 5.92 Å². The van der Waals surface area contributed by atoms with Crippen LogP contribution in [0.5, 0.6) is 0 Å². The molecule has 1 heterocycles. The minimum absolute atomic E-state index is 0.00679. The summed E-state index contributed by atoms with van der Waals surface area (Å²) in [6.07, 6.45) is 8.76. The molecule has 0 aromatic rings. The molecular formula is C14H26N2OS. The highest BCUT2D eigenvalue weighted by molar-refractivity contribution is 7.98. The molecule has 1 amide bonds. The molecule has 1 saturated carbocycles. The van der Waals surface area contributed by atoms with Crippen LogP contribution in [-0.2, 0) is 4.79 Å². The zero-order valence-electron chi connectivity index (χ0n) is 11.8. The number of nitrogens with one attached hydrogen (secondary N) is 1. The Kier molecular flexibility index (Phi) is 4.96. The molecule has 104 valence electrons. The Morgan fingerprint density at radius 2 is 2.11 bits per heavy atom. The van der Waals surface area contributed by atoms with Crippen molar-refractivity contribution in [2.45, 2.75) is 64.2 Å². The minimum Gasteiger partial charge on any atom is -0.323 e. The van der Waals surface area contributed by atoms with Crippen molar-refractivity contribution in [1.82, 2.24) is 10.2 Å². The first-order valence-corrected chi connectivity index (χ1v) is 8.61. The lowest BCUT2D eigenvalue weighted by atomic mass is 10.0. The molecule has 3 atom stereocenters. The summed E-state index contributed by atoms with van der Waals surface area (Å²) in [6, 6.07) is 0.375. The molecule has 4 heteroatoms. The molecule has 2 aliphatic rings. The molecule has 1 N–H and O–H groups in total. The van der Waals surface area contributed by atoms with Gasteiger partial charge in [-0.1, -0.05) is 12.8 Å². The molecule has 0 bridgehead atoms. The number of hydrogen-bond donors (Lipinski definition) is 1. The van der Waals surface area contributed by atoms with Crippen molar-refractivity contribution >= 4 is 17.7 Å². The lowest BCUT2D eigenvalue weighted by Gasteiger charge is -2.34. The fourth-order valence-electron chi connectivity index (χ4n) is 3.32. The van der Waals surface area contributed by atoms with Gasteiger partial charge in [0.2, 0.25) is 5.91 Å². The summed E-state index contributed by atoms with van der Waals surface area (Å²) in [5.74, 6) is 2.12. The van der Waals surface area contributed by atoms with Gasteiger partial charge in [-0.3, -0.25) is 10.1 Å². The van der Waals surface area contributed by atoms with E-state index in [1.54, 1.807) is 0 Å². The Morgan fingerprint density at radius 3 is 2.72 bits per heavy atom. The molecule has 1 aliphatic carbocycles. The third-order valence-corrected chi connectivity index (χ3v) is 5.05. The van der Waals surface area contributed by atoms with Crippen LogP contribution in [0.25, 0.3) is 0 Å². The molecule has 0 aromatic carbocycles. The molecule has 1 aliphatic heterocycles. The van der Waals surface area contributed by atoms with E-state index >= 15 is 0 Å². The molecule has 1 saturated heterocycles. The topological polar surface area (TPSA) is 32.3 Å². The Hall–Kier alpha value is -0.220. The lowest BCUT2D eigenvalue weighted by molar-refractivity contribution is -0.132. The zero-order valence-corrected chi connectivity index (χ0v) is 12.6. The predicted octanol–water partition coefficient (Wildman–Crippen LogP) is 2.46. The van der Waals surface area contributed by atoms with Gasteiger partial charge in [0.05, 0.1) is 12.2 Å². The van der Waals surface area contributed by atoms with E-state index < -0.39 is 0 Å². The molecule has 3 nitrogen and oxygen atoms in total. The highest BCUT2D eigenvalue weighted by atomic mass is 32.2. The van der Waals surface area contributed by atoms with Crippen molar-refractivity contribution in [2.75, 3.05) is 12.0 Å². The van der Waals surface area contributed by atoms with Crippen LogP contribution < -0.4 is 5.32 Å². The average Bonchev–Trinajstić information content (AvgIpc) is 2.96. The standard InChI is InChI=1S/C14H26N2OS/c1-10(8-9-18-3)16-13(12-6-4-5-7-12)15-11(2)14(16)17/h10-13,15H,4-9H2,1-3H3. The van der Waals surface area contributed by atoms with E-state index in [1.165, 1.54) is 25.7 Å². The number of thioether (sulfide) groups is 1. The normalized spacial score (nSPS) is 31.3. The van der Waals surface area contributed by atoms with Gasteiger partial charge in [-0.15, -0.1) is 0 Å². The van der Waals surface area contributed by atoms with Gasteiger partial charge in [0.25, 0.3) is 0 Å². The van der Waals surface area contributed by atoms with Gasteiger partial charge in [-0.25, -0.2) is 0 Å². The molecule has 2 fully saturated rings. The highest BCUT2D eigenvalue weighted by Gasteiger charge is 2.42. The molecule has 0 radical (unpaired) electrons. The summed E-state index contributed by atoms with van der Waals surface area (Å²) in [5, 5.41) is 3.52. The van der Waals surface area contributed by atoms with Crippen LogP contribution in [-0.4, -0.2) is 41.1 Å². The number of carbonyl (C=O) groups is 1. The van der Waals surface area contributed by atoms with Gasteiger partial charge in [0.1, 0.15) is 0 Å². The predicted molar refractivity (Wildman–Crippen MR) is 77.7 cm³/mol. The smallest absolute Gasteiger partial charge is 0.240 e. The molecule has 3 unspecified atom stereocenters. The van der Waals surface area contributed by atoms with Crippen LogP contribution in [0.3, 0.4) is 0 Å². The van der Waals surface area contributed by atoms with Gasteiger partial charge in [-0.05, 0) is 51.0 Å².